The minimum atomic E-state index is -1.38. The molecule has 0 aromatic carbocycles. The van der Waals surface area contributed by atoms with E-state index in [0.29, 0.717) is 6.61 Å². The Balaban J connectivity index is 2.19. The average molecular weight is 275 g/mol. The zero-order valence-corrected chi connectivity index (χ0v) is 12.7. The van der Waals surface area contributed by atoms with Crippen molar-refractivity contribution in [2.24, 2.45) is 0 Å². The van der Waals surface area contributed by atoms with E-state index in [1.54, 1.807) is 0 Å². The van der Waals surface area contributed by atoms with Crippen LogP contribution in [0.3, 0.4) is 0 Å². The third kappa shape index (κ3) is 7.10. The molecule has 0 aromatic rings. The molecule has 0 spiro atoms. The lowest BCUT2D eigenvalue weighted by Crippen LogP contribution is -2.24. The molecule has 1 heterocycles. The summed E-state index contributed by atoms with van der Waals surface area (Å²) in [6.07, 6.45) is 4.42. The molecule has 0 radical (unpaired) electrons. The van der Waals surface area contributed by atoms with Crippen LogP contribution in [0.4, 0.5) is 0 Å². The largest absolute Gasteiger partial charge is 0.353 e. The second kappa shape index (κ2) is 8.15. The van der Waals surface area contributed by atoms with Gasteiger partial charge in [0.15, 0.2) is 6.29 Å². The summed E-state index contributed by atoms with van der Waals surface area (Å²) in [4.78, 5) is 0. The fourth-order valence-corrected chi connectivity index (χ4v) is 3.92. The van der Waals surface area contributed by atoms with Gasteiger partial charge in [-0.05, 0) is 31.7 Å². The van der Waals surface area contributed by atoms with E-state index in [9.17, 15) is 0 Å². The van der Waals surface area contributed by atoms with Crippen LogP contribution in [0.2, 0.25) is 19.1 Å². The number of alkyl halides is 1. The van der Waals surface area contributed by atoms with Crippen LogP contribution in [0.25, 0.3) is 0 Å². The molecule has 0 aromatic heterocycles. The maximum atomic E-state index is 5.70. The molecule has 0 bridgehead atoms. The molecule has 0 N–H and O–H groups in total. The average Bonchev–Trinajstić information content (AvgIpc) is 2.34. The van der Waals surface area contributed by atoms with E-state index in [-0.39, 0.29) is 6.29 Å². The zero-order valence-electron chi connectivity index (χ0n) is 10.9. The lowest BCUT2D eigenvalue weighted by Gasteiger charge is -2.21. The summed E-state index contributed by atoms with van der Waals surface area (Å²) in [5.41, 5.74) is 3.38. The normalized spacial score (nSPS) is 20.8. The van der Waals surface area contributed by atoms with Gasteiger partial charge in [-0.2, -0.15) is 0 Å². The van der Waals surface area contributed by atoms with Gasteiger partial charge in [0.05, 0.1) is 0 Å². The second-order valence-electron chi connectivity index (χ2n) is 5.09. The van der Waals surface area contributed by atoms with Crippen LogP contribution in [-0.4, -0.2) is 33.5 Å². The van der Waals surface area contributed by atoms with Crippen molar-refractivity contribution in [1.82, 2.24) is 0 Å². The summed E-state index contributed by atoms with van der Waals surface area (Å²) in [5.74, 6) is 3.89. The highest BCUT2D eigenvalue weighted by atomic mass is 35.5. The predicted octanol–water partition coefficient (Wildman–Crippen LogP) is 3.41. The topological polar surface area (TPSA) is 18.5 Å². The third-order valence-electron chi connectivity index (χ3n) is 2.84. The van der Waals surface area contributed by atoms with E-state index in [2.05, 4.69) is 24.6 Å². The molecule has 0 saturated carbocycles. The van der Waals surface area contributed by atoms with Crippen molar-refractivity contribution in [3.8, 4) is 11.5 Å². The van der Waals surface area contributed by atoms with Crippen molar-refractivity contribution in [2.45, 2.75) is 51.1 Å². The van der Waals surface area contributed by atoms with E-state index >= 15 is 0 Å². The van der Waals surface area contributed by atoms with Crippen molar-refractivity contribution in [3.63, 3.8) is 0 Å². The Morgan fingerprint density at radius 1 is 1.41 bits per heavy atom. The molecule has 1 aliphatic heterocycles. The van der Waals surface area contributed by atoms with Gasteiger partial charge in [-0.15, -0.1) is 17.1 Å². The van der Waals surface area contributed by atoms with Gasteiger partial charge in [0, 0.05) is 12.5 Å². The first-order valence-electron chi connectivity index (χ1n) is 6.43. The molecule has 1 aliphatic rings. The van der Waals surface area contributed by atoms with Gasteiger partial charge < -0.3 is 9.47 Å². The zero-order chi connectivity index (χ0) is 12.6. The molecule has 2 nitrogen and oxygen atoms in total. The van der Waals surface area contributed by atoms with E-state index in [4.69, 9.17) is 21.1 Å². The van der Waals surface area contributed by atoms with Crippen LogP contribution in [0.15, 0.2) is 0 Å². The monoisotopic (exact) mass is 274 g/mol. The molecule has 17 heavy (non-hydrogen) atoms. The first-order chi connectivity index (χ1) is 8.14. The van der Waals surface area contributed by atoms with Crippen LogP contribution in [0.5, 0.6) is 0 Å². The molecular weight excluding hydrogens is 252 g/mol. The minimum absolute atomic E-state index is 0.0225. The van der Waals surface area contributed by atoms with Crippen molar-refractivity contribution >= 4 is 19.7 Å². The summed E-state index contributed by atoms with van der Waals surface area (Å²) in [6.45, 7) is 5.89. The molecule has 1 saturated heterocycles. The molecule has 1 atom stereocenters. The van der Waals surface area contributed by atoms with Crippen LogP contribution < -0.4 is 0 Å². The van der Waals surface area contributed by atoms with Gasteiger partial charge in [0.1, 0.15) is 14.7 Å². The molecule has 1 unspecified atom stereocenters. The Hall–Kier alpha value is -0.0131. The number of rotatable bonds is 5. The van der Waals surface area contributed by atoms with Gasteiger partial charge >= 0.3 is 0 Å². The maximum Gasteiger partial charge on any atom is 0.158 e. The van der Waals surface area contributed by atoms with Crippen LogP contribution in [0, 0.1) is 11.5 Å². The highest BCUT2D eigenvalue weighted by molar-refractivity contribution is 6.85. The number of ether oxygens (including phenoxy) is 2. The molecule has 1 fully saturated rings. The van der Waals surface area contributed by atoms with Crippen LogP contribution in [0.1, 0.15) is 25.7 Å². The smallest absolute Gasteiger partial charge is 0.158 e. The Bertz CT molecular complexity index is 264. The van der Waals surface area contributed by atoms with Gasteiger partial charge in [-0.25, -0.2) is 0 Å². The van der Waals surface area contributed by atoms with Gasteiger partial charge in [0.25, 0.3) is 0 Å². The number of hydrogen-bond donors (Lipinski definition) is 0. The standard InChI is InChI=1S/C13H23ClO2Si/c1-17(2,11-5-8-14)12-6-10-16-13-7-3-4-9-15-13/h13H,3-5,7-11H2,1-2H3. The molecule has 1 rings (SSSR count). The maximum absolute atomic E-state index is 5.70. The summed E-state index contributed by atoms with van der Waals surface area (Å²) < 4.78 is 11.1. The number of halogens is 1. The lowest BCUT2D eigenvalue weighted by molar-refractivity contribution is -0.154. The third-order valence-corrected chi connectivity index (χ3v) is 5.57. The highest BCUT2D eigenvalue weighted by Crippen LogP contribution is 2.13. The van der Waals surface area contributed by atoms with E-state index < -0.39 is 8.07 Å². The van der Waals surface area contributed by atoms with E-state index in [1.807, 2.05) is 0 Å². The number of hydrogen-bond acceptors (Lipinski definition) is 2. The molecule has 4 heteroatoms. The van der Waals surface area contributed by atoms with Crippen molar-refractivity contribution < 1.29 is 9.47 Å². The summed E-state index contributed by atoms with van der Waals surface area (Å²) >= 11 is 5.70. The predicted molar refractivity (Wildman–Crippen MR) is 74.9 cm³/mol. The molecular formula is C13H23ClO2Si. The SMILES string of the molecule is C[Si](C)(C#CCOC1CCCCO1)CCCCl. The second-order valence-corrected chi connectivity index (χ2v) is 9.98. The lowest BCUT2D eigenvalue weighted by atomic mass is 10.2. The first-order valence-corrected chi connectivity index (χ1v) is 10.2. The highest BCUT2D eigenvalue weighted by Gasteiger charge is 2.17. The quantitative estimate of drug-likeness (QED) is 0.435. The summed E-state index contributed by atoms with van der Waals surface area (Å²) in [6, 6.07) is 1.17. The molecule has 0 aliphatic carbocycles. The Morgan fingerprint density at radius 3 is 2.88 bits per heavy atom. The minimum Gasteiger partial charge on any atom is -0.353 e. The Kier molecular flexibility index (Phi) is 7.22. The fourth-order valence-electron chi connectivity index (χ4n) is 1.82. The van der Waals surface area contributed by atoms with Crippen molar-refractivity contribution in [1.29, 1.82) is 0 Å². The van der Waals surface area contributed by atoms with Gasteiger partial charge in [0.2, 0.25) is 0 Å². The molecule has 0 amide bonds. The van der Waals surface area contributed by atoms with Crippen LogP contribution in [-0.2, 0) is 9.47 Å². The Labute approximate surface area is 111 Å². The first kappa shape index (κ1) is 15.0. The van der Waals surface area contributed by atoms with E-state index in [1.165, 1.54) is 12.5 Å². The van der Waals surface area contributed by atoms with E-state index in [0.717, 1.165) is 31.7 Å². The fraction of sp³-hybridized carbons (Fsp3) is 0.846. The Morgan fingerprint density at radius 2 is 2.24 bits per heavy atom. The van der Waals surface area contributed by atoms with Crippen molar-refractivity contribution in [3.05, 3.63) is 0 Å². The van der Waals surface area contributed by atoms with Crippen LogP contribution >= 0.6 is 11.6 Å². The van der Waals surface area contributed by atoms with Gasteiger partial charge in [-0.1, -0.05) is 19.0 Å². The summed E-state index contributed by atoms with van der Waals surface area (Å²) in [5, 5.41) is 0. The molecule has 98 valence electrons. The van der Waals surface area contributed by atoms with Gasteiger partial charge in [-0.3, -0.25) is 0 Å². The summed E-state index contributed by atoms with van der Waals surface area (Å²) in [7, 11) is -1.38. The van der Waals surface area contributed by atoms with Crippen molar-refractivity contribution in [2.75, 3.05) is 19.1 Å².